The van der Waals surface area contributed by atoms with Gasteiger partial charge in [-0.2, -0.15) is 8.42 Å². The summed E-state index contributed by atoms with van der Waals surface area (Å²) in [6.45, 7) is -2.15. The molecule has 10 atom stereocenters. The highest BCUT2D eigenvalue weighted by Crippen LogP contribution is 2.29. The Morgan fingerprint density at radius 1 is 0.571 bits per heavy atom. The molecular formula is C12H18F11NO3S. The van der Waals surface area contributed by atoms with E-state index in [0.717, 1.165) is 0 Å². The third-order valence-corrected chi connectivity index (χ3v) is 4.08. The first-order valence-corrected chi connectivity index (χ1v) is 8.68. The SMILES string of the molecule is N.O=S(=O)(O)CC(F)C(F)C(F)C(F)C(F)C(F)C(F)C(F)C(F)C(F)CF. The fourth-order valence-electron chi connectivity index (χ4n) is 1.83. The summed E-state index contributed by atoms with van der Waals surface area (Å²) < 4.78 is 173. The fourth-order valence-corrected chi connectivity index (χ4v) is 2.42. The van der Waals surface area contributed by atoms with Crippen molar-refractivity contribution in [3.8, 4) is 0 Å². The van der Waals surface area contributed by atoms with E-state index in [4.69, 9.17) is 4.55 Å². The molecule has 0 rings (SSSR count). The van der Waals surface area contributed by atoms with Crippen LogP contribution >= 0.6 is 0 Å². The molecule has 0 bridgehead atoms. The monoisotopic (exact) mass is 465 g/mol. The smallest absolute Gasteiger partial charge is 0.267 e. The number of alkyl halides is 11. The minimum absolute atomic E-state index is 0. The van der Waals surface area contributed by atoms with E-state index in [1.54, 1.807) is 0 Å². The van der Waals surface area contributed by atoms with E-state index in [1.165, 1.54) is 0 Å². The summed E-state index contributed by atoms with van der Waals surface area (Å²) in [5.41, 5.74) is 0. The largest absolute Gasteiger partial charge is 0.344 e. The Morgan fingerprint density at radius 2 is 0.821 bits per heavy atom. The van der Waals surface area contributed by atoms with Gasteiger partial charge < -0.3 is 6.15 Å². The number of halogens is 11. The Morgan fingerprint density at radius 3 is 1.07 bits per heavy atom. The molecule has 0 heterocycles. The average Bonchev–Trinajstić information content (AvgIpc) is 2.60. The molecule has 0 amide bonds. The van der Waals surface area contributed by atoms with Gasteiger partial charge in [0.2, 0.25) is 0 Å². The summed E-state index contributed by atoms with van der Waals surface area (Å²) in [6.07, 6.45) is -37.9. The molecule has 0 aromatic rings. The van der Waals surface area contributed by atoms with Gasteiger partial charge in [-0.15, -0.1) is 0 Å². The third kappa shape index (κ3) is 8.23. The Kier molecular flexibility index (Phi) is 12.5. The summed E-state index contributed by atoms with van der Waals surface area (Å²) >= 11 is 0. The fraction of sp³-hybridized carbons (Fsp3) is 1.00. The number of hydrogen-bond donors (Lipinski definition) is 2. The summed E-state index contributed by atoms with van der Waals surface area (Å²) in [5.74, 6) is -2.07. The van der Waals surface area contributed by atoms with Crippen LogP contribution in [0.2, 0.25) is 0 Å². The van der Waals surface area contributed by atoms with Gasteiger partial charge in [-0.3, -0.25) is 4.55 Å². The first-order chi connectivity index (χ1) is 12.2. The van der Waals surface area contributed by atoms with E-state index in [9.17, 15) is 56.7 Å². The topological polar surface area (TPSA) is 89.4 Å². The maximum Gasteiger partial charge on any atom is 0.267 e. The molecule has 0 aliphatic heterocycles. The molecule has 0 fully saturated rings. The highest BCUT2D eigenvalue weighted by atomic mass is 32.2. The molecule has 0 aliphatic rings. The van der Waals surface area contributed by atoms with Gasteiger partial charge in [-0.25, -0.2) is 48.3 Å². The lowest BCUT2D eigenvalue weighted by atomic mass is 9.96. The predicted octanol–water partition coefficient (Wildman–Crippen LogP) is 3.39. The second-order valence-electron chi connectivity index (χ2n) is 5.49. The van der Waals surface area contributed by atoms with Gasteiger partial charge in [-0.1, -0.05) is 0 Å². The van der Waals surface area contributed by atoms with Crippen LogP contribution in [0.4, 0.5) is 48.3 Å². The molecule has 0 saturated heterocycles. The molecular weight excluding hydrogens is 447 g/mol. The van der Waals surface area contributed by atoms with E-state index in [-0.39, 0.29) is 6.15 Å². The normalized spacial score (nSPS) is 23.3. The second-order valence-corrected chi connectivity index (χ2v) is 6.99. The maximum absolute atomic E-state index is 13.4. The summed E-state index contributed by atoms with van der Waals surface area (Å²) in [5, 5.41) is 0. The zero-order valence-electron chi connectivity index (χ0n) is 13.7. The maximum atomic E-state index is 13.4. The minimum Gasteiger partial charge on any atom is -0.344 e. The Balaban J connectivity index is 0. The van der Waals surface area contributed by atoms with Crippen molar-refractivity contribution in [3.63, 3.8) is 0 Å². The number of rotatable bonds is 12. The minimum atomic E-state index is -5.20. The third-order valence-electron chi connectivity index (χ3n) is 3.34. The zero-order chi connectivity index (χ0) is 21.7. The van der Waals surface area contributed by atoms with Gasteiger partial charge in [0, 0.05) is 0 Å². The van der Waals surface area contributed by atoms with Crippen molar-refractivity contribution in [3.05, 3.63) is 0 Å². The van der Waals surface area contributed by atoms with Gasteiger partial charge in [0.05, 0.1) is 0 Å². The van der Waals surface area contributed by atoms with E-state index in [0.29, 0.717) is 0 Å². The van der Waals surface area contributed by atoms with Crippen LogP contribution in [0.25, 0.3) is 0 Å². The quantitative estimate of drug-likeness (QED) is 0.342. The standard InChI is InChI=1S/C12H15F11O3S.H3N/c13-1-3(14)5(16)7(18)9(20)11(22)12(23)10(21)8(19)6(17)4(15)2-27(24,25)26;/h3-12H,1-2H2,(H,24,25,26);1H3. The second kappa shape index (κ2) is 11.9. The van der Waals surface area contributed by atoms with E-state index in [2.05, 4.69) is 0 Å². The van der Waals surface area contributed by atoms with Crippen molar-refractivity contribution in [1.82, 2.24) is 6.15 Å². The van der Waals surface area contributed by atoms with Crippen molar-refractivity contribution >= 4 is 10.1 Å². The van der Waals surface area contributed by atoms with Crippen LogP contribution in [0, 0.1) is 0 Å². The predicted molar refractivity (Wildman–Crippen MR) is 76.4 cm³/mol. The highest BCUT2D eigenvalue weighted by molar-refractivity contribution is 7.85. The van der Waals surface area contributed by atoms with Crippen molar-refractivity contribution < 1.29 is 61.3 Å². The molecule has 0 aromatic heterocycles. The van der Waals surface area contributed by atoms with Gasteiger partial charge >= 0.3 is 0 Å². The summed E-state index contributed by atoms with van der Waals surface area (Å²) in [7, 11) is -5.20. The first-order valence-electron chi connectivity index (χ1n) is 7.07. The van der Waals surface area contributed by atoms with Gasteiger partial charge in [0.1, 0.15) is 12.4 Å². The number of hydrogen-bond acceptors (Lipinski definition) is 3. The van der Waals surface area contributed by atoms with Crippen LogP contribution < -0.4 is 6.15 Å². The lowest BCUT2D eigenvalue weighted by Crippen LogP contribution is -2.49. The van der Waals surface area contributed by atoms with Crippen LogP contribution in [0.5, 0.6) is 0 Å². The highest BCUT2D eigenvalue weighted by Gasteiger charge is 2.49. The lowest BCUT2D eigenvalue weighted by Gasteiger charge is -2.27. The van der Waals surface area contributed by atoms with Crippen molar-refractivity contribution in [2.75, 3.05) is 12.4 Å². The zero-order valence-corrected chi connectivity index (χ0v) is 14.5. The Hall–Kier alpha value is -0.900. The molecule has 0 spiro atoms. The lowest BCUT2D eigenvalue weighted by molar-refractivity contribution is -0.0607. The molecule has 0 aromatic carbocycles. The van der Waals surface area contributed by atoms with Gasteiger partial charge in [0.15, 0.2) is 61.7 Å². The van der Waals surface area contributed by atoms with E-state index >= 15 is 0 Å². The van der Waals surface area contributed by atoms with Crippen LogP contribution in [0.1, 0.15) is 0 Å². The van der Waals surface area contributed by atoms with Crippen LogP contribution in [0.3, 0.4) is 0 Å². The molecule has 28 heavy (non-hydrogen) atoms. The molecule has 0 radical (unpaired) electrons. The first kappa shape index (κ1) is 29.3. The summed E-state index contributed by atoms with van der Waals surface area (Å²) in [6, 6.07) is 0. The van der Waals surface area contributed by atoms with E-state index < -0.39 is 84.3 Å². The Labute approximate surface area is 152 Å². The van der Waals surface area contributed by atoms with Crippen molar-refractivity contribution in [2.45, 2.75) is 61.7 Å². The molecule has 16 heteroatoms. The van der Waals surface area contributed by atoms with E-state index in [1.807, 2.05) is 0 Å². The molecule has 10 unspecified atom stereocenters. The summed E-state index contributed by atoms with van der Waals surface area (Å²) in [4.78, 5) is 0. The van der Waals surface area contributed by atoms with Crippen LogP contribution in [-0.2, 0) is 10.1 Å². The molecule has 4 nitrogen and oxygen atoms in total. The average molecular weight is 465 g/mol. The molecule has 172 valence electrons. The van der Waals surface area contributed by atoms with Crippen molar-refractivity contribution in [2.24, 2.45) is 0 Å². The molecule has 0 saturated carbocycles. The molecule has 4 N–H and O–H groups in total. The van der Waals surface area contributed by atoms with Gasteiger partial charge in [0.25, 0.3) is 10.1 Å². The van der Waals surface area contributed by atoms with Crippen LogP contribution in [-0.4, -0.2) is 87.1 Å². The van der Waals surface area contributed by atoms with Crippen molar-refractivity contribution in [1.29, 1.82) is 0 Å². The Bertz CT molecular complexity index is 545. The van der Waals surface area contributed by atoms with Gasteiger partial charge in [-0.05, 0) is 0 Å². The molecule has 0 aliphatic carbocycles. The van der Waals surface area contributed by atoms with Crippen LogP contribution in [0.15, 0.2) is 0 Å².